The Bertz CT molecular complexity index is 214. The SMILES string of the molecule is CC(CCCCN)C(C)(C)N.CC(CCCCN)C(C)(C)N. The Labute approximate surface area is 139 Å². The maximum absolute atomic E-state index is 5.93. The van der Waals surface area contributed by atoms with E-state index < -0.39 is 0 Å². The van der Waals surface area contributed by atoms with E-state index in [1.807, 2.05) is 0 Å². The Morgan fingerprint density at radius 1 is 0.636 bits per heavy atom. The van der Waals surface area contributed by atoms with Gasteiger partial charge in [-0.25, -0.2) is 0 Å². The third kappa shape index (κ3) is 14.8. The molecule has 2 unspecified atom stereocenters. The number of hydrogen-bond donors (Lipinski definition) is 4. The van der Waals surface area contributed by atoms with Gasteiger partial charge in [0.25, 0.3) is 0 Å². The highest BCUT2D eigenvalue weighted by molar-refractivity contribution is 4.79. The highest BCUT2D eigenvalue weighted by Crippen LogP contribution is 2.19. The van der Waals surface area contributed by atoms with Crippen LogP contribution in [-0.2, 0) is 0 Å². The minimum absolute atomic E-state index is 0.0331. The largest absolute Gasteiger partial charge is 0.330 e. The summed E-state index contributed by atoms with van der Waals surface area (Å²) in [6.45, 7) is 14.4. The van der Waals surface area contributed by atoms with E-state index in [1.54, 1.807) is 0 Å². The van der Waals surface area contributed by atoms with Crippen LogP contribution < -0.4 is 22.9 Å². The summed E-state index contributed by atoms with van der Waals surface area (Å²) < 4.78 is 0. The van der Waals surface area contributed by atoms with Crippen LogP contribution in [0.1, 0.15) is 80.1 Å². The summed E-state index contributed by atoms with van der Waals surface area (Å²) in [6.07, 6.45) is 7.05. The third-order valence-electron chi connectivity index (χ3n) is 4.72. The molecule has 0 saturated heterocycles. The van der Waals surface area contributed by atoms with Crippen molar-refractivity contribution < 1.29 is 0 Å². The number of rotatable bonds is 10. The van der Waals surface area contributed by atoms with Crippen LogP contribution in [0.3, 0.4) is 0 Å². The molecule has 4 nitrogen and oxygen atoms in total. The fourth-order valence-corrected chi connectivity index (χ4v) is 1.93. The van der Waals surface area contributed by atoms with E-state index in [9.17, 15) is 0 Å². The van der Waals surface area contributed by atoms with Crippen molar-refractivity contribution in [1.29, 1.82) is 0 Å². The van der Waals surface area contributed by atoms with Crippen molar-refractivity contribution in [1.82, 2.24) is 0 Å². The highest BCUT2D eigenvalue weighted by atomic mass is 14.7. The molecule has 2 atom stereocenters. The average Bonchev–Trinajstić information content (AvgIpc) is 2.37. The summed E-state index contributed by atoms with van der Waals surface area (Å²) >= 11 is 0. The van der Waals surface area contributed by atoms with Crippen LogP contribution >= 0.6 is 0 Å². The van der Waals surface area contributed by atoms with E-state index >= 15 is 0 Å². The number of unbranched alkanes of at least 4 members (excludes halogenated alkanes) is 2. The topological polar surface area (TPSA) is 104 Å². The zero-order valence-corrected chi connectivity index (χ0v) is 16.1. The number of nitrogens with two attached hydrogens (primary N) is 4. The van der Waals surface area contributed by atoms with Crippen molar-refractivity contribution in [3.8, 4) is 0 Å². The minimum atomic E-state index is -0.0331. The van der Waals surface area contributed by atoms with E-state index in [4.69, 9.17) is 22.9 Å². The Kier molecular flexibility index (Phi) is 13.5. The molecule has 0 spiro atoms. The standard InChI is InChI=1S/2C9H22N2/c2*1-8(9(2,3)11)6-4-5-7-10/h2*8H,4-7,10-11H2,1-3H3. The van der Waals surface area contributed by atoms with Gasteiger partial charge >= 0.3 is 0 Å². The van der Waals surface area contributed by atoms with Gasteiger partial charge in [0.1, 0.15) is 0 Å². The van der Waals surface area contributed by atoms with Gasteiger partial charge in [-0.05, 0) is 78.3 Å². The molecular formula is C18H44N4. The Morgan fingerprint density at radius 3 is 1.09 bits per heavy atom. The van der Waals surface area contributed by atoms with Gasteiger partial charge in [-0.15, -0.1) is 0 Å². The van der Waals surface area contributed by atoms with E-state index in [-0.39, 0.29) is 11.1 Å². The highest BCUT2D eigenvalue weighted by Gasteiger charge is 2.19. The molecule has 0 aliphatic rings. The Balaban J connectivity index is 0. The van der Waals surface area contributed by atoms with Gasteiger partial charge in [0.05, 0.1) is 0 Å². The van der Waals surface area contributed by atoms with Gasteiger partial charge < -0.3 is 22.9 Å². The molecule has 0 aromatic carbocycles. The summed E-state index contributed by atoms with van der Waals surface area (Å²) in [4.78, 5) is 0. The molecule has 0 aromatic heterocycles. The predicted octanol–water partition coefficient (Wildman–Crippen LogP) is 2.98. The molecule has 0 aliphatic heterocycles. The van der Waals surface area contributed by atoms with Crippen molar-refractivity contribution in [2.24, 2.45) is 34.8 Å². The fourth-order valence-electron chi connectivity index (χ4n) is 1.93. The van der Waals surface area contributed by atoms with Crippen LogP contribution in [0.15, 0.2) is 0 Å². The van der Waals surface area contributed by atoms with Crippen LogP contribution in [-0.4, -0.2) is 24.2 Å². The molecule has 0 radical (unpaired) electrons. The van der Waals surface area contributed by atoms with Gasteiger partial charge in [0.15, 0.2) is 0 Å². The predicted molar refractivity (Wildman–Crippen MR) is 101 cm³/mol. The maximum atomic E-state index is 5.93. The first-order valence-electron chi connectivity index (χ1n) is 8.94. The van der Waals surface area contributed by atoms with Crippen molar-refractivity contribution in [3.05, 3.63) is 0 Å². The lowest BCUT2D eigenvalue weighted by Gasteiger charge is -2.27. The molecule has 8 N–H and O–H groups in total. The van der Waals surface area contributed by atoms with Crippen LogP contribution in [0.2, 0.25) is 0 Å². The van der Waals surface area contributed by atoms with Crippen molar-refractivity contribution in [2.45, 2.75) is 91.1 Å². The second-order valence-corrected chi connectivity index (χ2v) is 8.01. The summed E-state index contributed by atoms with van der Waals surface area (Å²) in [6, 6.07) is 0. The van der Waals surface area contributed by atoms with Gasteiger partial charge in [-0.2, -0.15) is 0 Å². The van der Waals surface area contributed by atoms with E-state index in [1.165, 1.54) is 25.7 Å². The third-order valence-corrected chi connectivity index (χ3v) is 4.72. The van der Waals surface area contributed by atoms with Crippen LogP contribution in [0.25, 0.3) is 0 Å². The van der Waals surface area contributed by atoms with Crippen molar-refractivity contribution in [3.63, 3.8) is 0 Å². The van der Waals surface area contributed by atoms with Crippen LogP contribution in [0, 0.1) is 11.8 Å². The molecule has 22 heavy (non-hydrogen) atoms. The molecule has 0 saturated carbocycles. The van der Waals surface area contributed by atoms with Crippen LogP contribution in [0.5, 0.6) is 0 Å². The second kappa shape index (κ2) is 12.3. The maximum Gasteiger partial charge on any atom is 0.0123 e. The quantitative estimate of drug-likeness (QED) is 0.465. The molecular weight excluding hydrogens is 272 g/mol. The molecule has 0 fully saturated rings. The molecule has 0 aliphatic carbocycles. The second-order valence-electron chi connectivity index (χ2n) is 8.01. The monoisotopic (exact) mass is 316 g/mol. The van der Waals surface area contributed by atoms with E-state index in [0.717, 1.165) is 25.9 Å². The Hall–Kier alpha value is -0.160. The summed E-state index contributed by atoms with van der Waals surface area (Å²) in [5.41, 5.74) is 22.6. The minimum Gasteiger partial charge on any atom is -0.330 e. The van der Waals surface area contributed by atoms with Gasteiger partial charge in [0, 0.05) is 11.1 Å². The van der Waals surface area contributed by atoms with Crippen molar-refractivity contribution >= 4 is 0 Å². The zero-order valence-electron chi connectivity index (χ0n) is 16.1. The summed E-state index contributed by atoms with van der Waals surface area (Å²) in [5, 5.41) is 0. The molecule has 0 aromatic rings. The summed E-state index contributed by atoms with van der Waals surface area (Å²) in [7, 11) is 0. The zero-order chi connectivity index (χ0) is 17.8. The Morgan fingerprint density at radius 2 is 0.909 bits per heavy atom. The number of hydrogen-bond acceptors (Lipinski definition) is 4. The molecule has 0 heterocycles. The van der Waals surface area contributed by atoms with Gasteiger partial charge in [-0.3, -0.25) is 0 Å². The molecule has 0 bridgehead atoms. The summed E-state index contributed by atoms with van der Waals surface area (Å²) in [5.74, 6) is 1.18. The van der Waals surface area contributed by atoms with Crippen molar-refractivity contribution in [2.75, 3.05) is 13.1 Å². The molecule has 4 heteroatoms. The van der Waals surface area contributed by atoms with Gasteiger partial charge in [0.2, 0.25) is 0 Å². The normalized spacial score (nSPS) is 15.0. The lowest BCUT2D eigenvalue weighted by Crippen LogP contribution is -2.39. The molecule has 0 amide bonds. The fraction of sp³-hybridized carbons (Fsp3) is 1.00. The molecule has 136 valence electrons. The first-order chi connectivity index (χ1) is 9.96. The smallest absolute Gasteiger partial charge is 0.0123 e. The van der Waals surface area contributed by atoms with Gasteiger partial charge in [-0.1, -0.05) is 26.7 Å². The van der Waals surface area contributed by atoms with E-state index in [2.05, 4.69) is 41.5 Å². The average molecular weight is 317 g/mol. The first kappa shape index (κ1) is 24.1. The molecule has 0 rings (SSSR count). The van der Waals surface area contributed by atoms with E-state index in [0.29, 0.717) is 11.8 Å². The van der Waals surface area contributed by atoms with Crippen LogP contribution in [0.4, 0.5) is 0 Å². The lowest BCUT2D eigenvalue weighted by molar-refractivity contribution is 0.318. The first-order valence-corrected chi connectivity index (χ1v) is 8.94. The lowest BCUT2D eigenvalue weighted by atomic mass is 9.86.